The van der Waals surface area contributed by atoms with Crippen molar-refractivity contribution in [2.24, 2.45) is 0 Å². The fourth-order valence-corrected chi connectivity index (χ4v) is 2.58. The lowest BCUT2D eigenvalue weighted by Gasteiger charge is -2.19. The Labute approximate surface area is 176 Å². The number of aromatic nitrogens is 3. The first-order valence-electron chi connectivity index (χ1n) is 9.32. The van der Waals surface area contributed by atoms with E-state index in [1.54, 1.807) is 20.8 Å². The molecule has 3 aromatic rings. The van der Waals surface area contributed by atoms with Crippen molar-refractivity contribution in [1.82, 2.24) is 20.1 Å². The van der Waals surface area contributed by atoms with Gasteiger partial charge in [-0.05, 0) is 50.6 Å². The van der Waals surface area contributed by atoms with E-state index in [-0.39, 0.29) is 5.75 Å². The quantitative estimate of drug-likeness (QED) is 0.621. The molecule has 1 amide bonds. The number of carbonyl (C=O) groups excluding carboxylic acids is 1. The second-order valence-corrected chi connectivity index (χ2v) is 7.61. The molecule has 0 radical (unpaired) electrons. The summed E-state index contributed by atoms with van der Waals surface area (Å²) in [5.41, 5.74) is 1.59. The van der Waals surface area contributed by atoms with Crippen LogP contribution in [0.2, 0.25) is 0 Å². The van der Waals surface area contributed by atoms with Crippen molar-refractivity contribution >= 4 is 6.09 Å². The van der Waals surface area contributed by atoms with Crippen LogP contribution < -0.4 is 10.1 Å². The number of alkyl carbamates (subject to hydrolysis) is 1. The van der Waals surface area contributed by atoms with E-state index in [4.69, 9.17) is 4.74 Å². The molecule has 0 aliphatic rings. The number of rotatable bonds is 5. The van der Waals surface area contributed by atoms with Gasteiger partial charge in [0.05, 0.1) is 5.69 Å². The fraction of sp³-hybridized carbons (Fsp3) is 0.286. The molecule has 2 aromatic carbocycles. The number of hydrogen-bond donors (Lipinski definition) is 1. The second kappa shape index (κ2) is 8.66. The van der Waals surface area contributed by atoms with Gasteiger partial charge in [0.15, 0.2) is 5.82 Å². The van der Waals surface area contributed by atoms with Gasteiger partial charge in [0.1, 0.15) is 17.7 Å². The number of amides is 1. The number of nitrogens with one attached hydrogen (secondary N) is 1. The van der Waals surface area contributed by atoms with E-state index in [0.717, 1.165) is 11.1 Å². The Kier molecular flexibility index (Phi) is 6.19. The third kappa shape index (κ3) is 6.73. The van der Waals surface area contributed by atoms with Gasteiger partial charge in [0.25, 0.3) is 0 Å². The van der Waals surface area contributed by atoms with Crippen molar-refractivity contribution in [3.8, 4) is 22.8 Å². The van der Waals surface area contributed by atoms with Gasteiger partial charge in [-0.25, -0.2) is 14.5 Å². The highest BCUT2D eigenvalue weighted by Gasteiger charge is 2.31. The normalized spacial score (nSPS) is 11.8. The Morgan fingerprint density at radius 1 is 1.03 bits per heavy atom. The Hall–Kier alpha value is -3.56. The molecule has 31 heavy (non-hydrogen) atoms. The number of hydrogen-bond acceptors (Lipinski definition) is 5. The molecule has 1 N–H and O–H groups in total. The molecule has 1 heterocycles. The molecule has 0 bridgehead atoms. The van der Waals surface area contributed by atoms with Crippen LogP contribution in [0.25, 0.3) is 17.1 Å². The number of halogens is 3. The van der Waals surface area contributed by atoms with Crippen molar-refractivity contribution in [2.75, 3.05) is 0 Å². The highest BCUT2D eigenvalue weighted by molar-refractivity contribution is 5.67. The zero-order valence-electron chi connectivity index (χ0n) is 17.1. The smallest absolute Gasteiger partial charge is 0.444 e. The van der Waals surface area contributed by atoms with Crippen LogP contribution in [0.15, 0.2) is 54.9 Å². The maximum atomic E-state index is 12.3. The molecule has 10 heteroatoms. The van der Waals surface area contributed by atoms with E-state index in [1.807, 2.05) is 24.3 Å². The van der Waals surface area contributed by atoms with E-state index in [9.17, 15) is 18.0 Å². The average molecular weight is 434 g/mol. The van der Waals surface area contributed by atoms with Crippen LogP contribution in [-0.2, 0) is 11.3 Å². The van der Waals surface area contributed by atoms with E-state index in [2.05, 4.69) is 20.1 Å². The van der Waals surface area contributed by atoms with Gasteiger partial charge in [-0.2, -0.15) is 0 Å². The molecule has 1 aromatic heterocycles. The topological polar surface area (TPSA) is 78.3 Å². The van der Waals surface area contributed by atoms with Gasteiger partial charge in [0.2, 0.25) is 0 Å². The Bertz CT molecular complexity index is 1020. The summed E-state index contributed by atoms with van der Waals surface area (Å²) in [5, 5.41) is 7.03. The molecular weight excluding hydrogens is 413 g/mol. The highest BCUT2D eigenvalue weighted by atomic mass is 19.4. The molecule has 0 unspecified atom stereocenters. The lowest BCUT2D eigenvalue weighted by Crippen LogP contribution is -2.32. The predicted molar refractivity (Wildman–Crippen MR) is 107 cm³/mol. The second-order valence-electron chi connectivity index (χ2n) is 7.61. The summed E-state index contributed by atoms with van der Waals surface area (Å²) in [6, 6.07) is 12.6. The van der Waals surface area contributed by atoms with Crippen LogP contribution in [0, 0.1) is 0 Å². The van der Waals surface area contributed by atoms with E-state index >= 15 is 0 Å². The molecule has 0 fully saturated rings. The molecule has 0 aliphatic heterocycles. The zero-order chi connectivity index (χ0) is 22.6. The molecule has 0 aliphatic carbocycles. The Morgan fingerprint density at radius 3 is 2.26 bits per heavy atom. The molecule has 164 valence electrons. The fourth-order valence-electron chi connectivity index (χ4n) is 2.58. The first-order valence-corrected chi connectivity index (χ1v) is 9.32. The van der Waals surface area contributed by atoms with Crippen molar-refractivity contribution < 1.29 is 27.4 Å². The van der Waals surface area contributed by atoms with Gasteiger partial charge in [-0.15, -0.1) is 18.3 Å². The SMILES string of the molecule is CC(C)(C)OC(=O)NCc1ccc(-c2ncn(-c3ccc(OC(F)(F)F)cc3)n2)cc1. The largest absolute Gasteiger partial charge is 0.573 e. The van der Waals surface area contributed by atoms with Crippen LogP contribution in [0.5, 0.6) is 5.75 Å². The Balaban J connectivity index is 1.62. The predicted octanol–water partition coefficient (Wildman–Crippen LogP) is 4.86. The summed E-state index contributed by atoms with van der Waals surface area (Å²) >= 11 is 0. The van der Waals surface area contributed by atoms with E-state index in [0.29, 0.717) is 18.1 Å². The first kappa shape index (κ1) is 22.1. The van der Waals surface area contributed by atoms with Gasteiger partial charge >= 0.3 is 12.5 Å². The van der Waals surface area contributed by atoms with Crippen LogP contribution in [0.1, 0.15) is 26.3 Å². The van der Waals surface area contributed by atoms with Crippen molar-refractivity contribution in [2.45, 2.75) is 39.3 Å². The third-order valence-corrected chi connectivity index (χ3v) is 3.87. The number of carbonyl (C=O) groups is 1. The summed E-state index contributed by atoms with van der Waals surface area (Å²) in [7, 11) is 0. The number of ether oxygens (including phenoxy) is 2. The molecule has 0 atom stereocenters. The van der Waals surface area contributed by atoms with Crippen LogP contribution >= 0.6 is 0 Å². The third-order valence-electron chi connectivity index (χ3n) is 3.87. The number of alkyl halides is 3. The monoisotopic (exact) mass is 434 g/mol. The minimum Gasteiger partial charge on any atom is -0.444 e. The first-order chi connectivity index (χ1) is 14.5. The van der Waals surface area contributed by atoms with Gasteiger partial charge in [0, 0.05) is 12.1 Å². The van der Waals surface area contributed by atoms with E-state index < -0.39 is 18.1 Å². The lowest BCUT2D eigenvalue weighted by atomic mass is 10.1. The lowest BCUT2D eigenvalue weighted by molar-refractivity contribution is -0.274. The molecule has 0 saturated heterocycles. The average Bonchev–Trinajstić information content (AvgIpc) is 3.15. The summed E-state index contributed by atoms with van der Waals surface area (Å²) in [6.45, 7) is 5.68. The van der Waals surface area contributed by atoms with Crippen molar-refractivity contribution in [3.05, 3.63) is 60.4 Å². The van der Waals surface area contributed by atoms with Gasteiger partial charge in [-0.3, -0.25) is 0 Å². The minimum absolute atomic E-state index is 0.309. The molecule has 3 rings (SSSR count). The summed E-state index contributed by atoms with van der Waals surface area (Å²) < 4.78 is 47.3. The van der Waals surface area contributed by atoms with Crippen LogP contribution in [0.4, 0.5) is 18.0 Å². The van der Waals surface area contributed by atoms with Crippen molar-refractivity contribution in [3.63, 3.8) is 0 Å². The maximum Gasteiger partial charge on any atom is 0.573 e. The maximum absolute atomic E-state index is 12.3. The standard InChI is InChI=1S/C21H21F3N4O3/c1-20(2,3)31-19(29)25-12-14-4-6-15(7-5-14)18-26-13-28(27-18)16-8-10-17(11-9-16)30-21(22,23)24/h4-11,13H,12H2,1-3H3,(H,25,29). The Morgan fingerprint density at radius 2 is 1.68 bits per heavy atom. The van der Waals surface area contributed by atoms with Crippen LogP contribution in [0.3, 0.4) is 0 Å². The molecular formula is C21H21F3N4O3. The molecule has 0 saturated carbocycles. The summed E-state index contributed by atoms with van der Waals surface area (Å²) in [4.78, 5) is 16.0. The highest BCUT2D eigenvalue weighted by Crippen LogP contribution is 2.24. The number of nitrogens with zero attached hydrogens (tertiary/aromatic N) is 3. The summed E-state index contributed by atoms with van der Waals surface area (Å²) in [6.07, 6.45) is -3.77. The summed E-state index contributed by atoms with van der Waals surface area (Å²) in [5.74, 6) is 0.134. The minimum atomic E-state index is -4.74. The van der Waals surface area contributed by atoms with Gasteiger partial charge < -0.3 is 14.8 Å². The number of benzene rings is 2. The molecule has 7 nitrogen and oxygen atoms in total. The van der Waals surface area contributed by atoms with Crippen molar-refractivity contribution in [1.29, 1.82) is 0 Å². The zero-order valence-corrected chi connectivity index (χ0v) is 17.1. The van der Waals surface area contributed by atoms with Gasteiger partial charge in [-0.1, -0.05) is 24.3 Å². The van der Waals surface area contributed by atoms with E-state index in [1.165, 1.54) is 35.3 Å². The molecule has 0 spiro atoms. The van der Waals surface area contributed by atoms with Crippen LogP contribution in [-0.4, -0.2) is 32.8 Å².